The van der Waals surface area contributed by atoms with Gasteiger partial charge in [-0.25, -0.2) is 5.01 Å². The van der Waals surface area contributed by atoms with Crippen LogP contribution in [0.25, 0.3) is 0 Å². The van der Waals surface area contributed by atoms with Crippen LogP contribution in [0.3, 0.4) is 0 Å². The summed E-state index contributed by atoms with van der Waals surface area (Å²) in [6.07, 6.45) is 2.54. The lowest BCUT2D eigenvalue weighted by molar-refractivity contribution is -0.149. The average Bonchev–Trinajstić information content (AvgIpc) is 3.17. The number of rotatable bonds is 2. The Morgan fingerprint density at radius 3 is 2.79 bits per heavy atom. The maximum absolute atomic E-state index is 10.4. The van der Waals surface area contributed by atoms with E-state index in [-0.39, 0.29) is 11.8 Å². The van der Waals surface area contributed by atoms with Gasteiger partial charge >= 0.3 is 0 Å². The standard InChI is InChI=1S/C22H24ClN3O2/c1-2-25-11-9-22(10-12-25)26-19(16-5-3-4-6-21(16)28-22)14-18(24-26)17-13-15(23)7-8-20(17)27/h3-8,13,19,27H,2,9-12,14H2,1H3/t19-/m0/s1. The van der Waals surface area contributed by atoms with Crippen LogP contribution in [0.5, 0.6) is 11.5 Å². The molecule has 3 aliphatic rings. The molecule has 2 aromatic carbocycles. The lowest BCUT2D eigenvalue weighted by atomic mass is 9.90. The van der Waals surface area contributed by atoms with Crippen LogP contribution in [-0.2, 0) is 0 Å². The van der Waals surface area contributed by atoms with E-state index in [9.17, 15) is 5.11 Å². The molecule has 0 saturated carbocycles. The molecule has 0 bridgehead atoms. The Hall–Kier alpha value is -2.24. The van der Waals surface area contributed by atoms with Crippen LogP contribution in [0.15, 0.2) is 47.6 Å². The molecule has 0 amide bonds. The number of phenols is 1. The van der Waals surface area contributed by atoms with E-state index in [1.165, 1.54) is 0 Å². The van der Waals surface area contributed by atoms with Gasteiger partial charge < -0.3 is 14.7 Å². The number of likely N-dealkylation sites (tertiary alicyclic amines) is 1. The second-order valence-electron chi connectivity index (χ2n) is 7.79. The molecule has 28 heavy (non-hydrogen) atoms. The molecule has 3 heterocycles. The minimum absolute atomic E-state index is 0.117. The molecule has 6 heteroatoms. The summed E-state index contributed by atoms with van der Waals surface area (Å²) in [7, 11) is 0. The topological polar surface area (TPSA) is 48.3 Å². The minimum atomic E-state index is -0.430. The molecule has 0 aliphatic carbocycles. The molecule has 2 aromatic rings. The van der Waals surface area contributed by atoms with E-state index in [0.29, 0.717) is 10.6 Å². The van der Waals surface area contributed by atoms with Crippen molar-refractivity contribution in [3.63, 3.8) is 0 Å². The number of phenolic OH excluding ortho intramolecular Hbond substituents is 1. The van der Waals surface area contributed by atoms with Gasteiger partial charge in [-0.05, 0) is 30.8 Å². The minimum Gasteiger partial charge on any atom is -0.507 e. The summed E-state index contributed by atoms with van der Waals surface area (Å²) in [6, 6.07) is 13.5. The molecule has 5 rings (SSSR count). The summed E-state index contributed by atoms with van der Waals surface area (Å²) in [4.78, 5) is 2.45. The fourth-order valence-corrected chi connectivity index (χ4v) is 4.85. The summed E-state index contributed by atoms with van der Waals surface area (Å²) in [6.45, 7) is 5.25. The van der Waals surface area contributed by atoms with Gasteiger partial charge in [-0.2, -0.15) is 5.10 Å². The zero-order valence-corrected chi connectivity index (χ0v) is 16.7. The maximum Gasteiger partial charge on any atom is 0.200 e. The number of aromatic hydroxyl groups is 1. The van der Waals surface area contributed by atoms with Crippen molar-refractivity contribution in [3.05, 3.63) is 58.6 Å². The van der Waals surface area contributed by atoms with Crippen LogP contribution in [0.1, 0.15) is 43.4 Å². The van der Waals surface area contributed by atoms with Crippen molar-refractivity contribution >= 4 is 17.3 Å². The number of halogens is 1. The number of nitrogens with zero attached hydrogens (tertiary/aromatic N) is 3. The highest BCUT2D eigenvalue weighted by Crippen LogP contribution is 2.50. The molecule has 0 unspecified atom stereocenters. The van der Waals surface area contributed by atoms with Gasteiger partial charge in [-0.3, -0.25) is 0 Å². The molecule has 1 fully saturated rings. The van der Waals surface area contributed by atoms with E-state index in [1.807, 2.05) is 12.1 Å². The van der Waals surface area contributed by atoms with Gasteiger partial charge in [0.1, 0.15) is 11.5 Å². The number of ether oxygens (including phenoxy) is 1. The lowest BCUT2D eigenvalue weighted by Gasteiger charge is -2.51. The van der Waals surface area contributed by atoms with Crippen molar-refractivity contribution in [2.75, 3.05) is 19.6 Å². The van der Waals surface area contributed by atoms with E-state index in [4.69, 9.17) is 21.4 Å². The highest BCUT2D eigenvalue weighted by Gasteiger charge is 2.51. The molecular weight excluding hydrogens is 374 g/mol. The van der Waals surface area contributed by atoms with Gasteiger partial charge in [-0.1, -0.05) is 36.7 Å². The van der Waals surface area contributed by atoms with Crippen LogP contribution in [0.2, 0.25) is 5.02 Å². The van der Waals surface area contributed by atoms with Crippen molar-refractivity contribution in [1.29, 1.82) is 0 Å². The Labute approximate surface area is 170 Å². The Morgan fingerprint density at radius 1 is 1.21 bits per heavy atom. The first kappa shape index (κ1) is 17.8. The molecule has 1 N–H and O–H groups in total. The van der Waals surface area contributed by atoms with Crippen molar-refractivity contribution < 1.29 is 9.84 Å². The predicted octanol–water partition coefficient (Wildman–Crippen LogP) is 4.40. The third-order valence-corrected chi connectivity index (χ3v) is 6.49. The highest BCUT2D eigenvalue weighted by molar-refractivity contribution is 6.31. The number of benzene rings is 2. The van der Waals surface area contributed by atoms with E-state index < -0.39 is 5.72 Å². The van der Waals surface area contributed by atoms with E-state index in [1.54, 1.807) is 18.2 Å². The molecule has 0 aromatic heterocycles. The molecule has 146 valence electrons. The van der Waals surface area contributed by atoms with Crippen LogP contribution >= 0.6 is 11.6 Å². The zero-order valence-electron chi connectivity index (χ0n) is 15.9. The maximum atomic E-state index is 10.4. The fraction of sp³-hybridized carbons (Fsp3) is 0.409. The zero-order chi connectivity index (χ0) is 19.3. The Bertz CT molecular complexity index is 937. The number of hydrogen-bond acceptors (Lipinski definition) is 5. The van der Waals surface area contributed by atoms with E-state index in [2.05, 4.69) is 29.0 Å². The molecule has 1 atom stereocenters. The van der Waals surface area contributed by atoms with Gasteiger partial charge in [0.25, 0.3) is 0 Å². The van der Waals surface area contributed by atoms with Crippen molar-refractivity contribution in [2.45, 2.75) is 38.0 Å². The summed E-state index contributed by atoms with van der Waals surface area (Å²) in [5.74, 6) is 1.17. The van der Waals surface area contributed by atoms with Gasteiger partial charge in [0.2, 0.25) is 5.72 Å². The van der Waals surface area contributed by atoms with Crippen molar-refractivity contribution in [3.8, 4) is 11.5 Å². The second-order valence-corrected chi connectivity index (χ2v) is 8.23. The lowest BCUT2D eigenvalue weighted by Crippen LogP contribution is -2.59. The molecular formula is C22H24ClN3O2. The van der Waals surface area contributed by atoms with Gasteiger partial charge in [0, 0.05) is 48.5 Å². The Kier molecular flexibility index (Phi) is 4.25. The van der Waals surface area contributed by atoms with E-state index >= 15 is 0 Å². The average molecular weight is 398 g/mol. The first-order chi connectivity index (χ1) is 13.6. The molecule has 3 aliphatic heterocycles. The third-order valence-electron chi connectivity index (χ3n) is 6.26. The largest absolute Gasteiger partial charge is 0.507 e. The molecule has 5 nitrogen and oxygen atoms in total. The van der Waals surface area contributed by atoms with Crippen LogP contribution in [-0.4, -0.2) is 46.1 Å². The SMILES string of the molecule is CCN1CCC2(CC1)Oc1ccccc1[C@@H]1CC(c3cc(Cl)ccc3O)=NN12. The van der Waals surface area contributed by atoms with Gasteiger partial charge in [-0.15, -0.1) is 0 Å². The summed E-state index contributed by atoms with van der Waals surface area (Å²) < 4.78 is 6.61. The molecule has 1 saturated heterocycles. The number of piperidine rings is 1. The predicted molar refractivity (Wildman–Crippen MR) is 110 cm³/mol. The third kappa shape index (κ3) is 2.76. The van der Waals surface area contributed by atoms with Gasteiger partial charge in [0.15, 0.2) is 0 Å². The summed E-state index contributed by atoms with van der Waals surface area (Å²) >= 11 is 6.19. The summed E-state index contributed by atoms with van der Waals surface area (Å²) in [5.41, 5.74) is 2.30. The van der Waals surface area contributed by atoms with Crippen LogP contribution in [0, 0.1) is 0 Å². The Morgan fingerprint density at radius 2 is 2.00 bits per heavy atom. The second kappa shape index (κ2) is 6.68. The van der Waals surface area contributed by atoms with Crippen molar-refractivity contribution in [2.24, 2.45) is 5.10 Å². The summed E-state index contributed by atoms with van der Waals surface area (Å²) in [5, 5.41) is 18.2. The fourth-order valence-electron chi connectivity index (χ4n) is 4.68. The Balaban J connectivity index is 1.57. The number of fused-ring (bicyclic) bond motifs is 4. The quantitative estimate of drug-likeness (QED) is 0.815. The first-order valence-corrected chi connectivity index (χ1v) is 10.3. The number of para-hydroxylation sites is 1. The van der Waals surface area contributed by atoms with E-state index in [0.717, 1.165) is 55.9 Å². The smallest absolute Gasteiger partial charge is 0.200 e. The van der Waals surface area contributed by atoms with Gasteiger partial charge in [0.05, 0.1) is 11.8 Å². The highest BCUT2D eigenvalue weighted by atomic mass is 35.5. The normalized spacial score (nSPS) is 23.1. The number of hydrazone groups is 1. The molecule has 0 radical (unpaired) electrons. The number of hydrogen-bond donors (Lipinski definition) is 1. The van der Waals surface area contributed by atoms with Crippen LogP contribution < -0.4 is 4.74 Å². The molecule has 1 spiro atoms. The van der Waals surface area contributed by atoms with Crippen LogP contribution in [0.4, 0.5) is 0 Å². The van der Waals surface area contributed by atoms with Crippen molar-refractivity contribution in [1.82, 2.24) is 9.91 Å². The monoisotopic (exact) mass is 397 g/mol. The first-order valence-electron chi connectivity index (χ1n) is 9.96.